The highest BCUT2D eigenvalue weighted by atomic mass is 32.2. The maximum Gasteiger partial charge on any atom is 0.263 e. The van der Waals surface area contributed by atoms with Crippen molar-refractivity contribution in [2.24, 2.45) is 5.73 Å². The third kappa shape index (κ3) is 3.23. The van der Waals surface area contributed by atoms with Crippen molar-refractivity contribution in [3.05, 3.63) is 32.1 Å². The number of carbonyl (C=O) groups excluding carboxylic acids is 1. The number of hydrogen-bond donors (Lipinski definition) is 1. The van der Waals surface area contributed by atoms with E-state index in [-0.39, 0.29) is 28.4 Å². The quantitative estimate of drug-likeness (QED) is 0.379. The lowest BCUT2D eigenvalue weighted by Gasteiger charge is -2.09. The van der Waals surface area contributed by atoms with Gasteiger partial charge in [0.1, 0.15) is 16.5 Å². The number of allylic oxidation sites excluding steroid dienone is 2. The second-order valence-corrected chi connectivity index (χ2v) is 7.43. The van der Waals surface area contributed by atoms with E-state index in [9.17, 15) is 9.59 Å². The molecule has 0 aromatic carbocycles. The van der Waals surface area contributed by atoms with Gasteiger partial charge >= 0.3 is 0 Å². The standard InChI is InChI=1S/C16H18N4O2S2/c1-5-20-15(22)13-8(2)10(4)24-14(13)19-16(20)23-7-12(21)11(6-17)9(3)18/h5,7,18H2,1-4H3. The fourth-order valence-corrected chi connectivity index (χ4v) is 4.28. The van der Waals surface area contributed by atoms with E-state index >= 15 is 0 Å². The molecule has 2 aromatic heterocycles. The zero-order valence-electron chi connectivity index (χ0n) is 14.0. The summed E-state index contributed by atoms with van der Waals surface area (Å²) in [7, 11) is 0. The monoisotopic (exact) mass is 362 g/mol. The number of rotatable bonds is 5. The molecule has 8 heteroatoms. The molecule has 2 heterocycles. The number of aryl methyl sites for hydroxylation is 2. The minimum absolute atomic E-state index is 0.0126. The molecule has 0 spiro atoms. The van der Waals surface area contributed by atoms with Gasteiger partial charge in [-0.05, 0) is 33.3 Å². The molecular formula is C16H18N4O2S2. The molecule has 0 aliphatic rings. The van der Waals surface area contributed by atoms with Crippen molar-refractivity contribution in [1.29, 1.82) is 5.26 Å². The van der Waals surface area contributed by atoms with Crippen molar-refractivity contribution in [1.82, 2.24) is 9.55 Å². The van der Waals surface area contributed by atoms with Gasteiger partial charge in [0.2, 0.25) is 0 Å². The lowest BCUT2D eigenvalue weighted by atomic mass is 10.2. The average Bonchev–Trinajstić information content (AvgIpc) is 2.80. The topological polar surface area (TPSA) is 102 Å². The molecule has 2 aromatic rings. The lowest BCUT2D eigenvalue weighted by molar-refractivity contribution is -0.112. The first-order valence-corrected chi connectivity index (χ1v) is 9.14. The fourth-order valence-electron chi connectivity index (χ4n) is 2.27. The van der Waals surface area contributed by atoms with Crippen molar-refractivity contribution < 1.29 is 4.79 Å². The number of nitrogens with zero attached hydrogens (tertiary/aromatic N) is 3. The molecule has 24 heavy (non-hydrogen) atoms. The molecule has 0 amide bonds. The predicted molar refractivity (Wildman–Crippen MR) is 97.3 cm³/mol. The number of fused-ring (bicyclic) bond motifs is 1. The molecule has 0 aliphatic carbocycles. The molecule has 0 saturated heterocycles. The van der Waals surface area contributed by atoms with Crippen molar-refractivity contribution in [2.75, 3.05) is 5.75 Å². The molecule has 0 saturated carbocycles. The average molecular weight is 362 g/mol. The summed E-state index contributed by atoms with van der Waals surface area (Å²) in [6, 6.07) is 1.82. The van der Waals surface area contributed by atoms with E-state index in [0.717, 1.165) is 22.2 Å². The van der Waals surface area contributed by atoms with Crippen molar-refractivity contribution >= 4 is 39.1 Å². The highest BCUT2D eigenvalue weighted by molar-refractivity contribution is 7.99. The van der Waals surface area contributed by atoms with Crippen LogP contribution in [0.15, 0.2) is 21.2 Å². The Balaban J connectivity index is 2.43. The Labute approximate surface area is 148 Å². The SMILES string of the molecule is CCn1c(SCC(=O)C(C#N)=C(C)N)nc2sc(C)c(C)c2c1=O. The molecule has 0 unspecified atom stereocenters. The highest BCUT2D eigenvalue weighted by Crippen LogP contribution is 2.28. The summed E-state index contributed by atoms with van der Waals surface area (Å²) < 4.78 is 1.56. The van der Waals surface area contributed by atoms with E-state index in [0.29, 0.717) is 21.9 Å². The summed E-state index contributed by atoms with van der Waals surface area (Å²) in [6.07, 6.45) is 0. The summed E-state index contributed by atoms with van der Waals surface area (Å²) in [5.41, 5.74) is 6.56. The van der Waals surface area contributed by atoms with E-state index in [1.54, 1.807) is 4.57 Å². The van der Waals surface area contributed by atoms with Crippen LogP contribution in [-0.2, 0) is 11.3 Å². The number of thiophene rings is 1. The van der Waals surface area contributed by atoms with E-state index in [1.807, 2.05) is 26.8 Å². The number of thioether (sulfide) groups is 1. The van der Waals surface area contributed by atoms with Crippen LogP contribution in [0.3, 0.4) is 0 Å². The number of nitriles is 1. The van der Waals surface area contributed by atoms with Crippen LogP contribution in [-0.4, -0.2) is 21.1 Å². The lowest BCUT2D eigenvalue weighted by Crippen LogP contribution is -2.23. The zero-order valence-corrected chi connectivity index (χ0v) is 15.6. The van der Waals surface area contributed by atoms with Crippen molar-refractivity contribution in [3.63, 3.8) is 0 Å². The summed E-state index contributed by atoms with van der Waals surface area (Å²) in [6.45, 7) is 7.72. The number of carbonyl (C=O) groups is 1. The maximum absolute atomic E-state index is 12.7. The third-order valence-corrected chi connectivity index (χ3v) is 5.76. The van der Waals surface area contributed by atoms with Gasteiger partial charge in [-0.15, -0.1) is 11.3 Å². The van der Waals surface area contributed by atoms with Crippen molar-refractivity contribution in [3.8, 4) is 6.07 Å². The largest absolute Gasteiger partial charge is 0.401 e. The van der Waals surface area contributed by atoms with Gasteiger partial charge in [0.15, 0.2) is 10.9 Å². The number of Topliss-reactive ketones (excluding diaryl/α,β-unsaturated/α-hetero) is 1. The van der Waals surface area contributed by atoms with Gasteiger partial charge in [-0.3, -0.25) is 14.2 Å². The first-order valence-electron chi connectivity index (χ1n) is 7.34. The number of nitrogens with two attached hydrogens (primary N) is 1. The van der Waals surface area contributed by atoms with Crippen LogP contribution in [0.1, 0.15) is 24.3 Å². The van der Waals surface area contributed by atoms with Gasteiger partial charge in [-0.25, -0.2) is 4.98 Å². The van der Waals surface area contributed by atoms with E-state index in [4.69, 9.17) is 11.0 Å². The van der Waals surface area contributed by atoms with Crippen molar-refractivity contribution in [2.45, 2.75) is 39.4 Å². The molecular weight excluding hydrogens is 344 g/mol. The van der Waals surface area contributed by atoms with Crippen LogP contribution in [0, 0.1) is 25.2 Å². The predicted octanol–water partition coefficient (Wildman–Crippen LogP) is 2.51. The van der Waals surface area contributed by atoms with Crippen LogP contribution in [0.25, 0.3) is 10.2 Å². The molecule has 0 atom stereocenters. The summed E-state index contributed by atoms with van der Waals surface area (Å²) in [5.74, 6) is -0.350. The Hall–Kier alpha value is -2.11. The second-order valence-electron chi connectivity index (χ2n) is 5.29. The molecule has 126 valence electrons. The first-order chi connectivity index (χ1) is 11.3. The maximum atomic E-state index is 12.7. The normalized spacial score (nSPS) is 12.1. The molecule has 2 N–H and O–H groups in total. The van der Waals surface area contributed by atoms with Crippen LogP contribution < -0.4 is 11.3 Å². The third-order valence-electron chi connectivity index (χ3n) is 3.69. The van der Waals surface area contributed by atoms with Gasteiger partial charge in [-0.1, -0.05) is 11.8 Å². The molecule has 6 nitrogen and oxygen atoms in total. The highest BCUT2D eigenvalue weighted by Gasteiger charge is 2.18. The Morgan fingerprint density at radius 1 is 1.46 bits per heavy atom. The van der Waals surface area contributed by atoms with Crippen LogP contribution in [0.4, 0.5) is 0 Å². The fraction of sp³-hybridized carbons (Fsp3) is 0.375. The Morgan fingerprint density at radius 3 is 2.67 bits per heavy atom. The summed E-state index contributed by atoms with van der Waals surface area (Å²) in [5, 5.41) is 10.1. The molecule has 0 radical (unpaired) electrons. The molecule has 2 rings (SSSR count). The molecule has 0 fully saturated rings. The minimum atomic E-state index is -0.363. The smallest absolute Gasteiger partial charge is 0.263 e. The van der Waals surface area contributed by atoms with Crippen LogP contribution >= 0.6 is 23.1 Å². The second kappa shape index (κ2) is 7.20. The van der Waals surface area contributed by atoms with Crippen LogP contribution in [0.2, 0.25) is 0 Å². The van der Waals surface area contributed by atoms with E-state index in [2.05, 4.69) is 4.98 Å². The molecule has 0 bridgehead atoms. The Bertz CT molecular complexity index is 944. The van der Waals surface area contributed by atoms with Gasteiger partial charge in [0.25, 0.3) is 5.56 Å². The summed E-state index contributed by atoms with van der Waals surface area (Å²) >= 11 is 2.62. The zero-order chi connectivity index (χ0) is 18.0. The van der Waals surface area contributed by atoms with Gasteiger partial charge in [-0.2, -0.15) is 5.26 Å². The Kier molecular flexibility index (Phi) is 5.47. The molecule has 0 aliphatic heterocycles. The number of ketones is 1. The van der Waals surface area contributed by atoms with Gasteiger partial charge in [0, 0.05) is 17.1 Å². The van der Waals surface area contributed by atoms with Gasteiger partial charge < -0.3 is 5.73 Å². The Morgan fingerprint density at radius 2 is 2.12 bits per heavy atom. The van der Waals surface area contributed by atoms with E-state index in [1.165, 1.54) is 18.3 Å². The minimum Gasteiger partial charge on any atom is -0.401 e. The number of aromatic nitrogens is 2. The number of hydrogen-bond acceptors (Lipinski definition) is 7. The van der Waals surface area contributed by atoms with Gasteiger partial charge in [0.05, 0.1) is 11.1 Å². The first kappa shape index (κ1) is 18.2. The van der Waals surface area contributed by atoms with E-state index < -0.39 is 0 Å². The summed E-state index contributed by atoms with van der Waals surface area (Å²) in [4.78, 5) is 31.1. The van der Waals surface area contributed by atoms with Crippen LogP contribution in [0.5, 0.6) is 0 Å².